The van der Waals surface area contributed by atoms with Gasteiger partial charge in [-0.1, -0.05) is 6.07 Å². The maximum atomic E-state index is 13.2. The summed E-state index contributed by atoms with van der Waals surface area (Å²) in [6, 6.07) is 9.74. The van der Waals surface area contributed by atoms with Crippen LogP contribution in [0.25, 0.3) is 5.69 Å². The van der Waals surface area contributed by atoms with E-state index in [2.05, 4.69) is 4.72 Å². The molecule has 2 N–H and O–H groups in total. The molecular formula is C20H15F6N3O3S. The zero-order valence-corrected chi connectivity index (χ0v) is 17.2. The number of hydrogen-bond acceptors (Lipinski definition) is 3. The van der Waals surface area contributed by atoms with Crippen molar-refractivity contribution < 1.29 is 39.6 Å². The third kappa shape index (κ3) is 6.06. The summed E-state index contributed by atoms with van der Waals surface area (Å²) < 4.78 is 106. The molecule has 0 unspecified atom stereocenters. The first-order valence-electron chi connectivity index (χ1n) is 9.09. The molecule has 13 heteroatoms. The molecule has 3 aromatic rings. The lowest BCUT2D eigenvalue weighted by Crippen LogP contribution is -2.33. The molecule has 2 aromatic carbocycles. The van der Waals surface area contributed by atoms with Crippen molar-refractivity contribution in [1.29, 1.82) is 0 Å². The number of rotatable bonds is 6. The van der Waals surface area contributed by atoms with E-state index in [4.69, 9.17) is 0 Å². The fraction of sp³-hybridized carbons (Fsp3) is 0.150. The summed E-state index contributed by atoms with van der Waals surface area (Å²) in [4.78, 5) is 11.4. The summed E-state index contributed by atoms with van der Waals surface area (Å²) >= 11 is 0. The molecule has 0 aliphatic rings. The second-order valence-corrected chi connectivity index (χ2v) is 8.43. The van der Waals surface area contributed by atoms with Crippen LogP contribution in [0, 0.1) is 0 Å². The molecule has 0 saturated heterocycles. The predicted molar refractivity (Wildman–Crippen MR) is 106 cm³/mol. The smallest absolute Gasteiger partial charge is 0.343 e. The summed E-state index contributed by atoms with van der Waals surface area (Å²) in [5, 5.41) is 1.61. The zero-order valence-electron chi connectivity index (χ0n) is 16.4. The molecule has 0 saturated carbocycles. The molecule has 0 fully saturated rings. The van der Waals surface area contributed by atoms with E-state index >= 15 is 0 Å². The Hall–Kier alpha value is -3.48. The van der Waals surface area contributed by atoms with Crippen molar-refractivity contribution >= 4 is 21.6 Å². The first-order valence-corrected chi connectivity index (χ1v) is 10.6. The van der Waals surface area contributed by atoms with Crippen LogP contribution >= 0.6 is 0 Å². The van der Waals surface area contributed by atoms with Gasteiger partial charge in [0.15, 0.2) is 0 Å². The van der Waals surface area contributed by atoms with Gasteiger partial charge < -0.3 is 9.88 Å². The van der Waals surface area contributed by atoms with Gasteiger partial charge in [0.05, 0.1) is 21.8 Å². The van der Waals surface area contributed by atoms with Gasteiger partial charge in [-0.2, -0.15) is 26.3 Å². The molecule has 0 aliphatic carbocycles. The number of sulfonamides is 1. The highest BCUT2D eigenvalue weighted by atomic mass is 32.2. The number of carbonyl (C=O) groups excluding carboxylic acids is 1. The lowest BCUT2D eigenvalue weighted by molar-refractivity contribution is -0.137. The van der Waals surface area contributed by atoms with Gasteiger partial charge in [-0.25, -0.2) is 8.42 Å². The van der Waals surface area contributed by atoms with Gasteiger partial charge in [-0.3, -0.25) is 9.52 Å². The Morgan fingerprint density at radius 1 is 0.909 bits per heavy atom. The summed E-state index contributed by atoms with van der Waals surface area (Å²) in [6.07, 6.45) is -6.43. The molecule has 0 radical (unpaired) electrons. The topological polar surface area (TPSA) is 80.2 Å². The van der Waals surface area contributed by atoms with Crippen molar-refractivity contribution in [3.05, 3.63) is 78.1 Å². The highest BCUT2D eigenvalue weighted by Crippen LogP contribution is 2.34. The van der Waals surface area contributed by atoms with E-state index < -0.39 is 51.0 Å². The van der Waals surface area contributed by atoms with Crippen LogP contribution in [-0.2, 0) is 16.2 Å². The van der Waals surface area contributed by atoms with Crippen LogP contribution in [0.4, 0.5) is 32.0 Å². The normalized spacial score (nSPS) is 12.4. The van der Waals surface area contributed by atoms with Crippen LogP contribution in [0.3, 0.4) is 0 Å². The number of nitrogens with zero attached hydrogens (tertiary/aromatic N) is 1. The minimum Gasteiger partial charge on any atom is -0.343 e. The van der Waals surface area contributed by atoms with Gasteiger partial charge in [0.2, 0.25) is 0 Å². The number of anilines is 1. The Balaban J connectivity index is 1.96. The fourth-order valence-electron chi connectivity index (χ4n) is 2.81. The van der Waals surface area contributed by atoms with Gasteiger partial charge >= 0.3 is 12.4 Å². The third-order valence-electron chi connectivity index (χ3n) is 4.31. The number of halogens is 6. The lowest BCUT2D eigenvalue weighted by Gasteiger charge is -2.16. The van der Waals surface area contributed by atoms with Crippen molar-refractivity contribution in [2.45, 2.75) is 17.2 Å². The number of amides is 1. The van der Waals surface area contributed by atoms with Crippen LogP contribution < -0.4 is 10.0 Å². The van der Waals surface area contributed by atoms with Gasteiger partial charge in [0, 0.05) is 18.0 Å². The van der Waals surface area contributed by atoms with E-state index in [1.165, 1.54) is 17.0 Å². The average Bonchev–Trinajstić information content (AvgIpc) is 3.25. The molecule has 0 spiro atoms. The van der Waals surface area contributed by atoms with Crippen molar-refractivity contribution in [2.75, 3.05) is 11.3 Å². The zero-order chi connectivity index (χ0) is 24.4. The number of alkyl halides is 6. The summed E-state index contributed by atoms with van der Waals surface area (Å²) in [6.45, 7) is -1.62. The molecule has 1 aromatic heterocycles. The maximum absolute atomic E-state index is 13.2. The summed E-state index contributed by atoms with van der Waals surface area (Å²) in [5.41, 5.74) is -1.78. The number of nitrogens with one attached hydrogen (secondary N) is 2. The SMILES string of the molecule is O=C(NCC(F)(F)F)c1cccc(S(=O)(=O)Nc2cc(C(F)(F)F)ccc2-n2cccc2)c1. The molecule has 0 aliphatic heterocycles. The van der Waals surface area contributed by atoms with Crippen LogP contribution in [-0.4, -0.2) is 31.6 Å². The van der Waals surface area contributed by atoms with Crippen LogP contribution in [0.5, 0.6) is 0 Å². The van der Waals surface area contributed by atoms with Crippen molar-refractivity contribution in [2.24, 2.45) is 0 Å². The largest absolute Gasteiger partial charge is 0.416 e. The van der Waals surface area contributed by atoms with Crippen LogP contribution in [0.1, 0.15) is 15.9 Å². The molecule has 1 amide bonds. The van der Waals surface area contributed by atoms with Crippen molar-refractivity contribution in [1.82, 2.24) is 9.88 Å². The number of hydrogen-bond donors (Lipinski definition) is 2. The molecule has 176 valence electrons. The van der Waals surface area contributed by atoms with Gasteiger partial charge in [0.25, 0.3) is 15.9 Å². The second kappa shape index (κ2) is 8.81. The van der Waals surface area contributed by atoms with Crippen LogP contribution in [0.2, 0.25) is 0 Å². The molecule has 3 rings (SSSR count). The quantitative estimate of drug-likeness (QED) is 0.495. The standard InChI is InChI=1S/C20H15F6N3O3S/c21-19(22,23)12-27-18(30)13-4-3-5-15(10-13)33(31,32)28-16-11-14(20(24,25)26)6-7-17(16)29-8-1-2-9-29/h1-11,28H,12H2,(H,27,30). The Bertz CT molecular complexity index is 1250. The van der Waals surface area contributed by atoms with E-state index in [9.17, 15) is 39.6 Å². The Kier molecular flexibility index (Phi) is 6.45. The van der Waals surface area contributed by atoms with Gasteiger partial charge in [0.1, 0.15) is 6.54 Å². The van der Waals surface area contributed by atoms with Crippen molar-refractivity contribution in [3.8, 4) is 5.69 Å². The van der Waals surface area contributed by atoms with E-state index in [0.29, 0.717) is 6.07 Å². The Morgan fingerprint density at radius 2 is 1.58 bits per heavy atom. The predicted octanol–water partition coefficient (Wildman–Crippen LogP) is 4.59. The molecule has 33 heavy (non-hydrogen) atoms. The van der Waals surface area contributed by atoms with E-state index in [1.54, 1.807) is 17.4 Å². The van der Waals surface area contributed by atoms with E-state index in [-0.39, 0.29) is 11.3 Å². The monoisotopic (exact) mass is 491 g/mol. The summed E-state index contributed by atoms with van der Waals surface area (Å²) in [7, 11) is -4.52. The molecule has 0 bridgehead atoms. The fourth-order valence-corrected chi connectivity index (χ4v) is 3.92. The molecule has 1 heterocycles. The number of benzene rings is 2. The average molecular weight is 491 g/mol. The van der Waals surface area contributed by atoms with Crippen molar-refractivity contribution in [3.63, 3.8) is 0 Å². The highest BCUT2D eigenvalue weighted by molar-refractivity contribution is 7.92. The first kappa shape index (κ1) is 24.2. The van der Waals surface area contributed by atoms with E-state index in [1.807, 2.05) is 0 Å². The maximum Gasteiger partial charge on any atom is 0.416 e. The Labute approximate surface area is 183 Å². The van der Waals surface area contributed by atoms with Gasteiger partial charge in [-0.05, 0) is 48.5 Å². The minimum absolute atomic E-state index is 0.0932. The third-order valence-corrected chi connectivity index (χ3v) is 5.67. The van der Waals surface area contributed by atoms with Gasteiger partial charge in [-0.15, -0.1) is 0 Å². The van der Waals surface area contributed by atoms with E-state index in [0.717, 1.165) is 36.4 Å². The lowest BCUT2D eigenvalue weighted by atomic mass is 10.1. The summed E-state index contributed by atoms with van der Waals surface area (Å²) in [5.74, 6) is -1.17. The second-order valence-electron chi connectivity index (χ2n) is 6.75. The number of aromatic nitrogens is 1. The first-order chi connectivity index (χ1) is 15.3. The minimum atomic E-state index is -4.74. The molecule has 6 nitrogen and oxygen atoms in total. The van der Waals surface area contributed by atoms with Crippen LogP contribution in [0.15, 0.2) is 71.9 Å². The highest BCUT2D eigenvalue weighted by Gasteiger charge is 2.32. The molecule has 0 atom stereocenters. The number of carbonyl (C=O) groups is 1. The Morgan fingerprint density at radius 3 is 2.18 bits per heavy atom. The molecular weight excluding hydrogens is 476 g/mol.